The largest absolute Gasteiger partial charge is 0.381 e. The highest BCUT2D eigenvalue weighted by molar-refractivity contribution is 7.91. The average Bonchev–Trinajstić information content (AvgIpc) is 2.36. The fourth-order valence-corrected chi connectivity index (χ4v) is 3.79. The monoisotopic (exact) mass is 284 g/mol. The first-order chi connectivity index (χ1) is 9.00. The lowest BCUT2D eigenvalue weighted by atomic mass is 10.1. The lowest BCUT2D eigenvalue weighted by Crippen LogP contribution is -2.32. The van der Waals surface area contributed by atoms with E-state index in [0.717, 1.165) is 12.1 Å². The van der Waals surface area contributed by atoms with Crippen LogP contribution in [-0.4, -0.2) is 30.5 Å². The van der Waals surface area contributed by atoms with Crippen LogP contribution in [-0.2, 0) is 16.4 Å². The molecule has 19 heavy (non-hydrogen) atoms. The maximum absolute atomic E-state index is 11.6. The lowest BCUT2D eigenvalue weighted by molar-refractivity contribution is 0.559. The number of hydrogen-bond acceptors (Lipinski definition) is 4. The maximum Gasteiger partial charge on any atom is 0.250 e. The Balaban J connectivity index is 2.04. The molecule has 1 aliphatic heterocycles. The molecule has 0 spiro atoms. The fraction of sp³-hybridized carbons (Fsp3) is 0.615. The van der Waals surface area contributed by atoms with E-state index in [9.17, 15) is 13.2 Å². The molecule has 2 heterocycles. The van der Waals surface area contributed by atoms with Crippen molar-refractivity contribution in [1.29, 1.82) is 0 Å². The Morgan fingerprint density at radius 3 is 2.63 bits per heavy atom. The Hall–Kier alpha value is -1.30. The minimum Gasteiger partial charge on any atom is -0.381 e. The van der Waals surface area contributed by atoms with E-state index in [2.05, 4.69) is 5.32 Å². The van der Waals surface area contributed by atoms with Gasteiger partial charge in [-0.25, -0.2) is 8.42 Å². The molecule has 1 fully saturated rings. The van der Waals surface area contributed by atoms with Crippen molar-refractivity contribution < 1.29 is 8.42 Å². The number of aryl methyl sites for hydroxylation is 1. The minimum atomic E-state index is -2.83. The van der Waals surface area contributed by atoms with E-state index in [0.29, 0.717) is 19.4 Å². The average molecular weight is 284 g/mol. The highest BCUT2D eigenvalue weighted by atomic mass is 32.2. The van der Waals surface area contributed by atoms with Crippen molar-refractivity contribution in [2.45, 2.75) is 38.8 Å². The van der Waals surface area contributed by atoms with Gasteiger partial charge in [-0.3, -0.25) is 4.79 Å². The third kappa shape index (κ3) is 3.83. The second-order valence-corrected chi connectivity index (χ2v) is 7.32. The normalized spacial score (nSPS) is 19.2. The van der Waals surface area contributed by atoms with Gasteiger partial charge in [0.05, 0.1) is 17.2 Å². The van der Waals surface area contributed by atoms with Gasteiger partial charge in [-0.05, 0) is 25.3 Å². The van der Waals surface area contributed by atoms with Crippen molar-refractivity contribution in [2.75, 3.05) is 16.8 Å². The smallest absolute Gasteiger partial charge is 0.250 e. The van der Waals surface area contributed by atoms with Crippen LogP contribution in [0.3, 0.4) is 0 Å². The number of aromatic nitrogens is 1. The second-order valence-electron chi connectivity index (χ2n) is 5.02. The Labute approximate surface area is 113 Å². The van der Waals surface area contributed by atoms with Gasteiger partial charge in [0.15, 0.2) is 0 Å². The predicted octanol–water partition coefficient (Wildman–Crippen LogP) is 1.25. The van der Waals surface area contributed by atoms with E-state index in [4.69, 9.17) is 0 Å². The van der Waals surface area contributed by atoms with Gasteiger partial charge >= 0.3 is 0 Å². The van der Waals surface area contributed by atoms with Gasteiger partial charge in [0, 0.05) is 24.8 Å². The van der Waals surface area contributed by atoms with Gasteiger partial charge in [-0.1, -0.05) is 6.92 Å². The molecule has 0 bridgehead atoms. The number of nitrogens with zero attached hydrogens (tertiary/aromatic N) is 1. The van der Waals surface area contributed by atoms with E-state index in [1.807, 2.05) is 13.1 Å². The molecule has 0 aliphatic carbocycles. The van der Waals surface area contributed by atoms with Crippen LogP contribution in [0.4, 0.5) is 5.69 Å². The molecule has 1 aromatic heterocycles. The maximum atomic E-state index is 11.6. The summed E-state index contributed by atoms with van der Waals surface area (Å²) in [6, 6.07) is 3.49. The molecule has 0 amide bonds. The van der Waals surface area contributed by atoms with Crippen molar-refractivity contribution in [3.63, 3.8) is 0 Å². The second kappa shape index (κ2) is 5.77. The fourth-order valence-electron chi connectivity index (χ4n) is 2.30. The molecule has 0 saturated carbocycles. The van der Waals surface area contributed by atoms with Crippen LogP contribution in [0.2, 0.25) is 0 Å². The summed E-state index contributed by atoms with van der Waals surface area (Å²) in [7, 11) is -2.83. The molecule has 1 aliphatic rings. The van der Waals surface area contributed by atoms with Crippen molar-refractivity contribution in [3.05, 3.63) is 28.7 Å². The molecule has 106 valence electrons. The van der Waals surface area contributed by atoms with Gasteiger partial charge < -0.3 is 9.88 Å². The minimum absolute atomic E-state index is 0.00128. The van der Waals surface area contributed by atoms with Crippen LogP contribution in [0.5, 0.6) is 0 Å². The first kappa shape index (κ1) is 14.1. The molecule has 1 aromatic rings. The standard InChI is InChI=1S/C13H20N2O3S/c1-2-7-15-10-12(3-4-13(15)16)14-11-5-8-19(17,18)9-6-11/h3-4,10-11,14H,2,5-9H2,1H3. The van der Waals surface area contributed by atoms with Gasteiger partial charge in [0.1, 0.15) is 9.84 Å². The number of hydrogen-bond donors (Lipinski definition) is 1. The SMILES string of the molecule is CCCn1cc(NC2CCS(=O)(=O)CC2)ccc1=O. The third-order valence-corrected chi connectivity index (χ3v) is 5.09. The molecule has 0 atom stereocenters. The van der Waals surface area contributed by atoms with Crippen LogP contribution < -0.4 is 10.9 Å². The van der Waals surface area contributed by atoms with E-state index < -0.39 is 9.84 Å². The van der Waals surface area contributed by atoms with Gasteiger partial charge in [-0.2, -0.15) is 0 Å². The zero-order chi connectivity index (χ0) is 13.9. The topological polar surface area (TPSA) is 68.2 Å². The first-order valence-electron chi connectivity index (χ1n) is 6.67. The zero-order valence-electron chi connectivity index (χ0n) is 11.1. The number of pyridine rings is 1. The molecule has 5 nitrogen and oxygen atoms in total. The van der Waals surface area contributed by atoms with Crippen LogP contribution in [0.15, 0.2) is 23.1 Å². The molecule has 1 N–H and O–H groups in total. The molecule has 0 aromatic carbocycles. The molecule has 2 rings (SSSR count). The Morgan fingerprint density at radius 1 is 1.32 bits per heavy atom. The number of rotatable bonds is 4. The summed E-state index contributed by atoms with van der Waals surface area (Å²) in [6.07, 6.45) is 3.99. The van der Waals surface area contributed by atoms with Gasteiger partial charge in [0.2, 0.25) is 0 Å². The molecule has 0 radical (unpaired) electrons. The number of sulfone groups is 1. The van der Waals surface area contributed by atoms with Crippen molar-refractivity contribution >= 4 is 15.5 Å². The van der Waals surface area contributed by atoms with E-state index >= 15 is 0 Å². The molecular weight excluding hydrogens is 264 g/mol. The van der Waals surface area contributed by atoms with E-state index in [1.165, 1.54) is 0 Å². The third-order valence-electron chi connectivity index (χ3n) is 3.37. The summed E-state index contributed by atoms with van der Waals surface area (Å²) in [5, 5.41) is 3.32. The quantitative estimate of drug-likeness (QED) is 0.903. The van der Waals surface area contributed by atoms with Gasteiger partial charge in [-0.15, -0.1) is 0 Å². The van der Waals surface area contributed by atoms with E-state index in [-0.39, 0.29) is 23.1 Å². The van der Waals surface area contributed by atoms with Crippen LogP contribution in [0, 0.1) is 0 Å². The van der Waals surface area contributed by atoms with Crippen molar-refractivity contribution in [1.82, 2.24) is 4.57 Å². The lowest BCUT2D eigenvalue weighted by Gasteiger charge is -2.24. The molecular formula is C13H20N2O3S. The van der Waals surface area contributed by atoms with Crippen molar-refractivity contribution in [2.24, 2.45) is 0 Å². The summed E-state index contributed by atoms with van der Waals surface area (Å²) < 4.78 is 24.4. The van der Waals surface area contributed by atoms with Crippen LogP contribution in [0.1, 0.15) is 26.2 Å². The summed E-state index contributed by atoms with van der Waals surface area (Å²) in [6.45, 7) is 2.73. The first-order valence-corrected chi connectivity index (χ1v) is 8.50. The summed E-state index contributed by atoms with van der Waals surface area (Å²) >= 11 is 0. The Bertz CT molecular complexity index is 578. The van der Waals surface area contributed by atoms with Crippen molar-refractivity contribution in [3.8, 4) is 0 Å². The molecule has 0 unspecified atom stereocenters. The zero-order valence-corrected chi connectivity index (χ0v) is 11.9. The van der Waals surface area contributed by atoms with Crippen LogP contribution in [0.25, 0.3) is 0 Å². The molecule has 6 heteroatoms. The van der Waals surface area contributed by atoms with E-state index in [1.54, 1.807) is 16.7 Å². The predicted molar refractivity (Wildman–Crippen MR) is 76.3 cm³/mol. The molecule has 1 saturated heterocycles. The summed E-state index contributed by atoms with van der Waals surface area (Å²) in [4.78, 5) is 11.6. The summed E-state index contributed by atoms with van der Waals surface area (Å²) in [5.74, 6) is 0.499. The number of anilines is 1. The van der Waals surface area contributed by atoms with Crippen LogP contribution >= 0.6 is 0 Å². The highest BCUT2D eigenvalue weighted by Gasteiger charge is 2.23. The van der Waals surface area contributed by atoms with Gasteiger partial charge in [0.25, 0.3) is 5.56 Å². The summed E-state index contributed by atoms with van der Waals surface area (Å²) in [5.41, 5.74) is 0.885. The number of nitrogens with one attached hydrogen (secondary N) is 1. The highest BCUT2D eigenvalue weighted by Crippen LogP contribution is 2.17. The Kier molecular flexibility index (Phi) is 4.29. The Morgan fingerprint density at radius 2 is 2.00 bits per heavy atom.